The first-order chi connectivity index (χ1) is 8.40. The van der Waals surface area contributed by atoms with Gasteiger partial charge in [0.05, 0.1) is 12.1 Å². The molecular weight excluding hydrogens is 256 g/mol. The van der Waals surface area contributed by atoms with Crippen molar-refractivity contribution in [2.75, 3.05) is 13.6 Å². The summed E-state index contributed by atoms with van der Waals surface area (Å²) in [5.74, 6) is -1.98. The molecular formula is C11H12N2O4S. The summed E-state index contributed by atoms with van der Waals surface area (Å²) in [6.07, 6.45) is 2.39. The summed E-state index contributed by atoms with van der Waals surface area (Å²) in [4.78, 5) is 34.7. The van der Waals surface area contributed by atoms with Crippen LogP contribution in [0.1, 0.15) is 15.2 Å². The summed E-state index contributed by atoms with van der Waals surface area (Å²) < 4.78 is 0. The Bertz CT molecular complexity index is 507. The van der Waals surface area contributed by atoms with E-state index in [1.165, 1.54) is 29.4 Å². The molecule has 0 saturated heterocycles. The lowest BCUT2D eigenvalue weighted by molar-refractivity contribution is -0.131. The van der Waals surface area contributed by atoms with E-state index in [0.29, 0.717) is 10.4 Å². The van der Waals surface area contributed by atoms with Crippen LogP contribution in [0.5, 0.6) is 0 Å². The van der Waals surface area contributed by atoms with Gasteiger partial charge in [0.2, 0.25) is 5.91 Å². The normalized spacial score (nSPS) is 10.5. The van der Waals surface area contributed by atoms with Crippen molar-refractivity contribution >= 4 is 35.2 Å². The third-order valence-corrected chi connectivity index (χ3v) is 2.89. The van der Waals surface area contributed by atoms with Crippen LogP contribution in [-0.4, -0.2) is 41.4 Å². The number of nitrogens with two attached hydrogens (primary N) is 1. The number of nitrogens with zero attached hydrogens (tertiary/aromatic N) is 1. The van der Waals surface area contributed by atoms with Crippen LogP contribution in [0.2, 0.25) is 0 Å². The minimum atomic E-state index is -1.05. The largest absolute Gasteiger partial charge is 0.478 e. The van der Waals surface area contributed by atoms with Gasteiger partial charge in [-0.05, 0) is 12.1 Å². The highest BCUT2D eigenvalue weighted by Gasteiger charge is 2.14. The quantitative estimate of drug-likeness (QED) is 0.755. The molecule has 0 aliphatic carbocycles. The van der Waals surface area contributed by atoms with Crippen LogP contribution < -0.4 is 5.73 Å². The average molecular weight is 268 g/mol. The van der Waals surface area contributed by atoms with Crippen LogP contribution in [0.4, 0.5) is 0 Å². The minimum absolute atomic E-state index is 0.158. The van der Waals surface area contributed by atoms with E-state index in [2.05, 4.69) is 0 Å². The van der Waals surface area contributed by atoms with Gasteiger partial charge in [-0.2, -0.15) is 0 Å². The van der Waals surface area contributed by atoms with Crippen molar-refractivity contribution in [3.63, 3.8) is 0 Å². The fraction of sp³-hybridized carbons (Fsp3) is 0.182. The van der Waals surface area contributed by atoms with Crippen molar-refractivity contribution in [3.05, 3.63) is 28.0 Å². The van der Waals surface area contributed by atoms with Gasteiger partial charge < -0.3 is 15.7 Å². The summed E-state index contributed by atoms with van der Waals surface area (Å²) in [7, 11) is 1.47. The van der Waals surface area contributed by atoms with E-state index in [1.807, 2.05) is 0 Å². The van der Waals surface area contributed by atoms with Crippen LogP contribution in [0.15, 0.2) is 17.5 Å². The van der Waals surface area contributed by atoms with Crippen molar-refractivity contribution in [2.45, 2.75) is 0 Å². The number of amides is 2. The molecule has 1 aromatic rings. The standard InChI is InChI=1S/C11H12N2O4S/c1-13(5-9(12)14)11(17)7-4-8(18-6-7)2-3-10(15)16/h2-4,6H,5H2,1H3,(H2,12,14)(H,15,16). The van der Waals surface area contributed by atoms with Gasteiger partial charge in [0.1, 0.15) is 0 Å². The summed E-state index contributed by atoms with van der Waals surface area (Å²) >= 11 is 1.24. The molecule has 7 heteroatoms. The molecule has 0 spiro atoms. The second-order valence-electron chi connectivity index (χ2n) is 3.54. The average Bonchev–Trinajstić information content (AvgIpc) is 2.72. The third kappa shape index (κ3) is 4.02. The van der Waals surface area contributed by atoms with Gasteiger partial charge in [-0.15, -0.1) is 11.3 Å². The molecule has 0 saturated carbocycles. The van der Waals surface area contributed by atoms with Crippen molar-refractivity contribution in [2.24, 2.45) is 5.73 Å². The number of thiophene rings is 1. The van der Waals surface area contributed by atoms with Crippen molar-refractivity contribution in [1.82, 2.24) is 4.90 Å². The topological polar surface area (TPSA) is 101 Å². The molecule has 1 aromatic heterocycles. The zero-order valence-corrected chi connectivity index (χ0v) is 10.4. The molecule has 0 aromatic carbocycles. The summed E-state index contributed by atoms with van der Waals surface area (Å²) in [5.41, 5.74) is 5.39. The van der Waals surface area contributed by atoms with E-state index in [1.54, 1.807) is 11.4 Å². The molecule has 1 heterocycles. The Morgan fingerprint density at radius 3 is 2.72 bits per heavy atom. The number of carbonyl (C=O) groups is 3. The van der Waals surface area contributed by atoms with Gasteiger partial charge in [0.15, 0.2) is 0 Å². The first kappa shape index (κ1) is 13.9. The fourth-order valence-electron chi connectivity index (χ4n) is 1.23. The highest BCUT2D eigenvalue weighted by molar-refractivity contribution is 7.11. The lowest BCUT2D eigenvalue weighted by atomic mass is 10.2. The molecule has 3 N–H and O–H groups in total. The van der Waals surface area contributed by atoms with E-state index >= 15 is 0 Å². The number of carboxylic acids is 1. The van der Waals surface area contributed by atoms with Crippen LogP contribution >= 0.6 is 11.3 Å². The molecule has 96 valence electrons. The van der Waals surface area contributed by atoms with Gasteiger partial charge in [0.25, 0.3) is 5.91 Å². The van der Waals surface area contributed by atoms with E-state index in [-0.39, 0.29) is 12.5 Å². The Labute approximate surface area is 107 Å². The number of hydrogen-bond acceptors (Lipinski definition) is 4. The molecule has 0 fully saturated rings. The highest BCUT2D eigenvalue weighted by atomic mass is 32.1. The van der Waals surface area contributed by atoms with Crippen molar-refractivity contribution in [1.29, 1.82) is 0 Å². The van der Waals surface area contributed by atoms with E-state index in [9.17, 15) is 14.4 Å². The Kier molecular flexibility index (Phi) is 4.61. The van der Waals surface area contributed by atoms with Crippen LogP contribution in [0.25, 0.3) is 6.08 Å². The van der Waals surface area contributed by atoms with Crippen LogP contribution in [0.3, 0.4) is 0 Å². The number of hydrogen-bond donors (Lipinski definition) is 2. The molecule has 18 heavy (non-hydrogen) atoms. The maximum atomic E-state index is 11.8. The van der Waals surface area contributed by atoms with Gasteiger partial charge in [-0.25, -0.2) is 4.79 Å². The number of rotatable bonds is 5. The highest BCUT2D eigenvalue weighted by Crippen LogP contribution is 2.17. The van der Waals surface area contributed by atoms with Crippen molar-refractivity contribution < 1.29 is 19.5 Å². The van der Waals surface area contributed by atoms with Crippen molar-refractivity contribution in [3.8, 4) is 0 Å². The molecule has 0 radical (unpaired) electrons. The second kappa shape index (κ2) is 5.97. The zero-order valence-electron chi connectivity index (χ0n) is 9.62. The van der Waals surface area contributed by atoms with E-state index in [4.69, 9.17) is 10.8 Å². The predicted octanol–water partition coefficient (Wildman–Crippen LogP) is 0.403. The Hall–Kier alpha value is -2.15. The Morgan fingerprint density at radius 2 is 2.17 bits per heavy atom. The van der Waals surface area contributed by atoms with E-state index in [0.717, 1.165) is 6.08 Å². The monoisotopic (exact) mass is 268 g/mol. The number of carbonyl (C=O) groups excluding carboxylic acids is 2. The number of primary amides is 1. The first-order valence-electron chi connectivity index (χ1n) is 4.93. The smallest absolute Gasteiger partial charge is 0.328 e. The maximum Gasteiger partial charge on any atom is 0.328 e. The van der Waals surface area contributed by atoms with Crippen LogP contribution in [-0.2, 0) is 9.59 Å². The Balaban J connectivity index is 2.76. The zero-order chi connectivity index (χ0) is 13.7. The van der Waals surface area contributed by atoms with Gasteiger partial charge in [-0.3, -0.25) is 9.59 Å². The molecule has 2 amide bonds. The fourth-order valence-corrected chi connectivity index (χ4v) is 2.01. The van der Waals surface area contributed by atoms with Gasteiger partial charge >= 0.3 is 5.97 Å². The number of likely N-dealkylation sites (N-methyl/N-ethyl adjacent to an activating group) is 1. The number of carboxylic acid groups (broad SMARTS) is 1. The Morgan fingerprint density at radius 1 is 1.50 bits per heavy atom. The molecule has 0 bridgehead atoms. The molecule has 0 unspecified atom stereocenters. The number of aliphatic carboxylic acids is 1. The second-order valence-corrected chi connectivity index (χ2v) is 4.48. The minimum Gasteiger partial charge on any atom is -0.478 e. The summed E-state index contributed by atoms with van der Waals surface area (Å²) in [6, 6.07) is 1.56. The summed E-state index contributed by atoms with van der Waals surface area (Å²) in [6.45, 7) is -0.158. The molecule has 0 aliphatic heterocycles. The van der Waals surface area contributed by atoms with Crippen LogP contribution in [0, 0.1) is 0 Å². The molecule has 6 nitrogen and oxygen atoms in total. The van der Waals surface area contributed by atoms with E-state index < -0.39 is 11.9 Å². The first-order valence-corrected chi connectivity index (χ1v) is 5.81. The molecule has 0 aliphatic rings. The lowest BCUT2D eigenvalue weighted by Crippen LogP contribution is -2.35. The van der Waals surface area contributed by atoms with Gasteiger partial charge in [0, 0.05) is 23.4 Å². The third-order valence-electron chi connectivity index (χ3n) is 2.00. The SMILES string of the molecule is CN(CC(N)=O)C(=O)c1csc(C=CC(=O)O)c1. The lowest BCUT2D eigenvalue weighted by Gasteiger charge is -2.13. The summed E-state index contributed by atoms with van der Waals surface area (Å²) in [5, 5.41) is 10.1. The molecule has 0 atom stereocenters. The predicted molar refractivity (Wildman–Crippen MR) is 67.1 cm³/mol. The molecule has 1 rings (SSSR count). The maximum absolute atomic E-state index is 11.8. The van der Waals surface area contributed by atoms with Gasteiger partial charge in [-0.1, -0.05) is 0 Å².